The van der Waals surface area contributed by atoms with Crippen LogP contribution in [0, 0.1) is 0 Å². The number of rotatable bonds is 2. The highest BCUT2D eigenvalue weighted by Crippen LogP contribution is 2.45. The van der Waals surface area contributed by atoms with E-state index in [2.05, 4.69) is 181 Å². The van der Waals surface area contributed by atoms with Gasteiger partial charge in [0.15, 0.2) is 0 Å². The average molecular weight is 589 g/mol. The first-order chi connectivity index (χ1) is 21.2. The molecule has 2 nitrogen and oxygen atoms in total. The molecule has 0 aromatic heterocycles. The van der Waals surface area contributed by atoms with Crippen LogP contribution in [0.25, 0.3) is 0 Å². The number of hydrogen-bond donors (Lipinski definition) is 0. The number of nitrogens with zero attached hydrogens (tertiary/aromatic N) is 2. The van der Waals surface area contributed by atoms with E-state index < -0.39 is 0 Å². The zero-order valence-corrected chi connectivity index (χ0v) is 28.4. The van der Waals surface area contributed by atoms with Gasteiger partial charge in [0.1, 0.15) is 0 Å². The first kappa shape index (κ1) is 29.5. The van der Waals surface area contributed by atoms with Crippen molar-refractivity contribution in [1.82, 2.24) is 0 Å². The van der Waals surface area contributed by atoms with Crippen molar-refractivity contribution >= 4 is 57.2 Å². The highest BCUT2D eigenvalue weighted by Gasteiger charge is 2.43. The summed E-state index contributed by atoms with van der Waals surface area (Å²) in [5, 5.41) is 0. The predicted octanol–water partition coefficient (Wildman–Crippen LogP) is 9.66. The maximum atomic E-state index is 2.52. The normalized spacial score (nSPS) is 14.2. The second kappa shape index (κ2) is 10.1. The fourth-order valence-electron chi connectivity index (χ4n) is 7.10. The molecule has 45 heavy (non-hydrogen) atoms. The minimum Gasteiger partial charge on any atom is -0.311 e. The second-order valence-corrected chi connectivity index (χ2v) is 16.0. The van der Waals surface area contributed by atoms with Crippen LogP contribution in [-0.2, 0) is 16.2 Å². The summed E-state index contributed by atoms with van der Waals surface area (Å²) in [4.78, 5) is 5.01. The second-order valence-electron chi connectivity index (χ2n) is 16.0. The average Bonchev–Trinajstić information content (AvgIpc) is 2.99. The van der Waals surface area contributed by atoms with E-state index in [-0.39, 0.29) is 23.0 Å². The lowest BCUT2D eigenvalue weighted by Crippen LogP contribution is -2.61. The molecule has 7 rings (SSSR count). The standard InChI is InChI=1S/C42H45BN2/c1-40(2,3)28-18-22-32(23-19-28)45-36-17-13-16-35-39(36)43(34-25-21-30(27-38(34)45)42(7,8)9)33-24-20-29(41(4,5)6)26-37(33)44(35)31-14-11-10-12-15-31/h10-27H,1-9H3. The topological polar surface area (TPSA) is 6.48 Å². The Labute approximate surface area is 270 Å². The molecule has 0 spiro atoms. The number of benzene rings is 5. The Kier molecular flexibility index (Phi) is 6.64. The molecule has 0 amide bonds. The summed E-state index contributed by atoms with van der Waals surface area (Å²) in [7, 11) is 0. The third kappa shape index (κ3) is 4.88. The van der Waals surface area contributed by atoms with Crippen LogP contribution in [0.1, 0.15) is 79.0 Å². The van der Waals surface area contributed by atoms with Gasteiger partial charge in [-0.3, -0.25) is 0 Å². The summed E-state index contributed by atoms with van der Waals surface area (Å²) in [5.74, 6) is 0. The van der Waals surface area contributed by atoms with Gasteiger partial charge < -0.3 is 9.80 Å². The summed E-state index contributed by atoms with van der Waals surface area (Å²) in [6, 6.07) is 41.5. The van der Waals surface area contributed by atoms with Gasteiger partial charge in [-0.05, 0) is 97.9 Å². The number of fused-ring (bicyclic) bond motifs is 4. The van der Waals surface area contributed by atoms with Gasteiger partial charge in [0.05, 0.1) is 0 Å². The summed E-state index contributed by atoms with van der Waals surface area (Å²) >= 11 is 0. The molecule has 2 aliphatic rings. The first-order valence-corrected chi connectivity index (χ1v) is 16.4. The van der Waals surface area contributed by atoms with Crippen LogP contribution in [0.2, 0.25) is 0 Å². The molecule has 0 saturated carbocycles. The minimum atomic E-state index is 0.0368. The van der Waals surface area contributed by atoms with E-state index in [4.69, 9.17) is 0 Å². The van der Waals surface area contributed by atoms with Crippen LogP contribution in [-0.4, -0.2) is 6.71 Å². The summed E-state index contributed by atoms with van der Waals surface area (Å²) in [6.45, 7) is 20.9. The Hall–Kier alpha value is -4.24. The molecule has 0 saturated heterocycles. The lowest BCUT2D eigenvalue weighted by atomic mass is 9.33. The van der Waals surface area contributed by atoms with Crippen molar-refractivity contribution in [3.05, 3.63) is 126 Å². The zero-order chi connectivity index (χ0) is 31.9. The molecular weight excluding hydrogens is 543 g/mol. The quantitative estimate of drug-likeness (QED) is 0.186. The minimum absolute atomic E-state index is 0.0368. The molecule has 0 aliphatic carbocycles. The fourth-order valence-corrected chi connectivity index (χ4v) is 7.10. The van der Waals surface area contributed by atoms with E-state index in [1.807, 2.05) is 0 Å². The first-order valence-electron chi connectivity index (χ1n) is 16.4. The molecule has 0 N–H and O–H groups in total. The van der Waals surface area contributed by atoms with Crippen molar-refractivity contribution in [3.63, 3.8) is 0 Å². The summed E-state index contributed by atoms with van der Waals surface area (Å²) < 4.78 is 0. The summed E-state index contributed by atoms with van der Waals surface area (Å²) in [6.07, 6.45) is 0. The maximum absolute atomic E-state index is 2.52. The molecule has 5 aromatic rings. The molecule has 0 atom stereocenters. The van der Waals surface area contributed by atoms with Gasteiger partial charge in [-0.1, -0.05) is 123 Å². The van der Waals surface area contributed by atoms with Crippen molar-refractivity contribution in [1.29, 1.82) is 0 Å². The molecule has 226 valence electrons. The third-order valence-electron chi connectivity index (χ3n) is 9.73. The van der Waals surface area contributed by atoms with Crippen LogP contribution >= 0.6 is 0 Å². The van der Waals surface area contributed by atoms with Crippen molar-refractivity contribution in [2.75, 3.05) is 9.80 Å². The highest BCUT2D eigenvalue weighted by molar-refractivity contribution is 7.00. The van der Waals surface area contributed by atoms with Crippen LogP contribution in [0.3, 0.4) is 0 Å². The Balaban J connectivity index is 1.54. The van der Waals surface area contributed by atoms with Crippen LogP contribution < -0.4 is 26.2 Å². The Morgan fingerprint density at radius 2 is 0.822 bits per heavy atom. The van der Waals surface area contributed by atoms with E-state index in [1.54, 1.807) is 0 Å². The number of hydrogen-bond acceptors (Lipinski definition) is 2. The molecule has 3 heteroatoms. The monoisotopic (exact) mass is 588 g/mol. The zero-order valence-electron chi connectivity index (χ0n) is 28.4. The van der Waals surface area contributed by atoms with Gasteiger partial charge in [0, 0.05) is 34.1 Å². The molecule has 0 fully saturated rings. The fraction of sp³-hybridized carbons (Fsp3) is 0.286. The molecule has 5 aromatic carbocycles. The SMILES string of the molecule is CC(C)(C)c1ccc(N2c3cc(C(C)(C)C)ccc3B3c4ccc(C(C)(C)C)cc4N(c4ccccc4)c4cccc2c43)cc1. The van der Waals surface area contributed by atoms with Crippen molar-refractivity contribution < 1.29 is 0 Å². The van der Waals surface area contributed by atoms with E-state index in [1.165, 1.54) is 67.2 Å². The molecule has 0 radical (unpaired) electrons. The lowest BCUT2D eigenvalue weighted by Gasteiger charge is -2.44. The van der Waals surface area contributed by atoms with Crippen LogP contribution in [0.15, 0.2) is 109 Å². The van der Waals surface area contributed by atoms with Gasteiger partial charge in [0.2, 0.25) is 0 Å². The van der Waals surface area contributed by atoms with E-state index in [9.17, 15) is 0 Å². The van der Waals surface area contributed by atoms with Gasteiger partial charge in [0.25, 0.3) is 6.71 Å². The predicted molar refractivity (Wildman–Crippen MR) is 197 cm³/mol. The van der Waals surface area contributed by atoms with Crippen LogP contribution in [0.5, 0.6) is 0 Å². The number of anilines is 6. The van der Waals surface area contributed by atoms with Gasteiger partial charge >= 0.3 is 0 Å². The van der Waals surface area contributed by atoms with E-state index >= 15 is 0 Å². The van der Waals surface area contributed by atoms with E-state index in [0.29, 0.717) is 0 Å². The Morgan fingerprint density at radius 1 is 0.400 bits per heavy atom. The summed E-state index contributed by atoms with van der Waals surface area (Å²) in [5.41, 5.74) is 15.8. The molecule has 0 unspecified atom stereocenters. The third-order valence-corrected chi connectivity index (χ3v) is 9.73. The highest BCUT2D eigenvalue weighted by atomic mass is 15.2. The van der Waals surface area contributed by atoms with Gasteiger partial charge in [-0.15, -0.1) is 0 Å². The maximum Gasteiger partial charge on any atom is 0.252 e. The largest absolute Gasteiger partial charge is 0.311 e. The van der Waals surface area contributed by atoms with Gasteiger partial charge in [-0.2, -0.15) is 0 Å². The Morgan fingerprint density at radius 3 is 1.27 bits per heavy atom. The molecule has 0 bridgehead atoms. The molecule has 2 heterocycles. The number of para-hydroxylation sites is 1. The molecule has 2 aliphatic heterocycles. The van der Waals surface area contributed by atoms with Crippen LogP contribution in [0.4, 0.5) is 34.1 Å². The van der Waals surface area contributed by atoms with Crippen molar-refractivity contribution in [2.45, 2.75) is 78.6 Å². The molecular formula is C42H45BN2. The van der Waals surface area contributed by atoms with E-state index in [0.717, 1.165) is 0 Å². The Bertz CT molecular complexity index is 1900. The van der Waals surface area contributed by atoms with Crippen molar-refractivity contribution in [3.8, 4) is 0 Å². The lowest BCUT2D eigenvalue weighted by molar-refractivity contribution is 0.590. The smallest absolute Gasteiger partial charge is 0.252 e. The van der Waals surface area contributed by atoms with Gasteiger partial charge in [-0.25, -0.2) is 0 Å². The van der Waals surface area contributed by atoms with Crippen molar-refractivity contribution in [2.24, 2.45) is 0 Å².